The zero-order valence-electron chi connectivity index (χ0n) is 12.5. The van der Waals surface area contributed by atoms with Crippen molar-refractivity contribution in [3.8, 4) is 0 Å². The van der Waals surface area contributed by atoms with E-state index < -0.39 is 5.97 Å². The van der Waals surface area contributed by atoms with Gasteiger partial charge in [-0.15, -0.1) is 32.9 Å². The molecule has 3 aromatic heterocycles. The first kappa shape index (κ1) is 15.2. The molecule has 1 aliphatic rings. The smallest absolute Gasteiger partial charge is 0.312 e. The van der Waals surface area contributed by atoms with Crippen LogP contribution in [0.1, 0.15) is 34.0 Å². The van der Waals surface area contributed by atoms with Crippen LogP contribution < -0.4 is 9.88 Å². The maximum atomic E-state index is 10.7. The third-order valence-electron chi connectivity index (χ3n) is 3.67. The van der Waals surface area contributed by atoms with Crippen LogP contribution in [0.5, 0.6) is 0 Å². The molecular weight excluding hydrogens is 346 g/mol. The van der Waals surface area contributed by atoms with Gasteiger partial charge in [0, 0.05) is 10.8 Å². The minimum Gasteiger partial charge on any atom is -0.481 e. The Morgan fingerprint density at radius 1 is 1.38 bits per heavy atom. The fourth-order valence-electron chi connectivity index (χ4n) is 2.61. The predicted octanol–water partition coefficient (Wildman–Crippen LogP) is 1.55. The molecule has 24 heavy (non-hydrogen) atoms. The summed E-state index contributed by atoms with van der Waals surface area (Å²) < 4.78 is 6.52. The number of aromatic nitrogens is 3. The number of fused-ring (bicyclic) bond motifs is 1. The van der Waals surface area contributed by atoms with Crippen molar-refractivity contribution < 1.29 is 14.3 Å². The number of aliphatic carboxylic acids is 1. The molecule has 0 fully saturated rings. The van der Waals surface area contributed by atoms with E-state index in [1.165, 1.54) is 9.41 Å². The zero-order valence-corrected chi connectivity index (χ0v) is 14.1. The maximum Gasteiger partial charge on any atom is 0.312 e. The number of carbonyl (C=O) groups is 1. The van der Waals surface area contributed by atoms with Gasteiger partial charge in [-0.05, 0) is 17.9 Å². The molecule has 1 atom stereocenters. The van der Waals surface area contributed by atoms with Crippen LogP contribution in [-0.4, -0.2) is 26.3 Å². The Kier molecular flexibility index (Phi) is 3.99. The maximum absolute atomic E-state index is 10.7. The molecule has 1 aliphatic carbocycles. The molecule has 3 heterocycles. The van der Waals surface area contributed by atoms with Crippen molar-refractivity contribution >= 4 is 40.8 Å². The average Bonchev–Trinajstić information content (AvgIpc) is 3.26. The highest BCUT2D eigenvalue weighted by Crippen LogP contribution is 2.27. The summed E-state index contributed by atoms with van der Waals surface area (Å²) in [6.45, 7) is 0. The highest BCUT2D eigenvalue weighted by molar-refractivity contribution is 7.10. The highest BCUT2D eigenvalue weighted by Gasteiger charge is 2.15. The lowest BCUT2D eigenvalue weighted by atomic mass is 10.0. The lowest BCUT2D eigenvalue weighted by Crippen LogP contribution is -2.25. The first-order chi connectivity index (χ1) is 11.7. The van der Waals surface area contributed by atoms with Gasteiger partial charge in [0.15, 0.2) is 0 Å². The summed E-state index contributed by atoms with van der Waals surface area (Å²) in [4.78, 5) is 16.6. The Bertz CT molecular complexity index is 988. The van der Waals surface area contributed by atoms with Crippen LogP contribution in [0, 0.1) is 0 Å². The first-order valence-electron chi connectivity index (χ1n) is 7.41. The van der Waals surface area contributed by atoms with E-state index in [4.69, 9.17) is 9.52 Å². The summed E-state index contributed by atoms with van der Waals surface area (Å²) >= 11 is 3.39. The molecule has 1 unspecified atom stereocenters. The van der Waals surface area contributed by atoms with Crippen molar-refractivity contribution in [2.24, 2.45) is 0 Å². The number of hydrogen-bond donors (Lipinski definition) is 1. The Hall–Kier alpha value is -2.32. The molecule has 0 amide bonds. The quantitative estimate of drug-likeness (QED) is 0.744. The highest BCUT2D eigenvalue weighted by atomic mass is 32.1. The molecule has 6 nitrogen and oxygen atoms in total. The Morgan fingerprint density at radius 3 is 3.04 bits per heavy atom. The molecule has 122 valence electrons. The summed E-state index contributed by atoms with van der Waals surface area (Å²) in [5, 5.41) is 20.4. The van der Waals surface area contributed by atoms with Crippen molar-refractivity contribution in [2.75, 3.05) is 0 Å². The van der Waals surface area contributed by atoms with Crippen molar-refractivity contribution in [2.45, 2.75) is 25.2 Å². The van der Waals surface area contributed by atoms with Crippen LogP contribution in [0.25, 0.3) is 12.2 Å². The predicted molar refractivity (Wildman–Crippen MR) is 90.4 cm³/mol. The van der Waals surface area contributed by atoms with Gasteiger partial charge in [-0.2, -0.15) is 0 Å². The molecule has 3 aromatic rings. The number of rotatable bonds is 5. The monoisotopic (exact) mass is 359 g/mol. The number of hydrogen-bond acceptors (Lipinski definition) is 7. The van der Waals surface area contributed by atoms with E-state index in [0.717, 1.165) is 16.8 Å². The molecule has 4 rings (SSSR count). The van der Waals surface area contributed by atoms with Crippen molar-refractivity contribution in [3.05, 3.63) is 49.1 Å². The fraction of sp³-hybridized carbons (Fsp3) is 0.250. The Morgan fingerprint density at radius 2 is 2.25 bits per heavy atom. The summed E-state index contributed by atoms with van der Waals surface area (Å²) in [5.74, 6) is -0.0584. The van der Waals surface area contributed by atoms with Crippen LogP contribution >= 0.6 is 22.7 Å². The van der Waals surface area contributed by atoms with E-state index in [-0.39, 0.29) is 12.3 Å². The van der Waals surface area contributed by atoms with E-state index >= 15 is 0 Å². The number of thiophene rings is 1. The van der Waals surface area contributed by atoms with Crippen LogP contribution in [0.15, 0.2) is 21.9 Å². The molecule has 1 N–H and O–H groups in total. The molecular formula is C16H13N3O3S2. The topological polar surface area (TPSA) is 89.1 Å². The van der Waals surface area contributed by atoms with Gasteiger partial charge in [0.05, 0.1) is 16.3 Å². The third kappa shape index (κ3) is 3.15. The Balaban J connectivity index is 1.56. The van der Waals surface area contributed by atoms with E-state index in [9.17, 15) is 4.79 Å². The standard InChI is InChI=1S/C16H13N3O3S2/c20-16(21)8-14-19-18-13(22-14)7-15-17-10-4-3-9(6-12(10)24-15)11-2-1-5-23-11/h1-2,4-6,9H,3,7-8H2,(H,20,21). The van der Waals surface area contributed by atoms with Gasteiger partial charge in [-0.3, -0.25) is 4.79 Å². The van der Waals surface area contributed by atoms with Crippen molar-refractivity contribution in [1.29, 1.82) is 0 Å². The van der Waals surface area contributed by atoms with Gasteiger partial charge in [-0.1, -0.05) is 18.2 Å². The number of nitrogens with zero attached hydrogens (tertiary/aromatic N) is 3. The van der Waals surface area contributed by atoms with Crippen molar-refractivity contribution in [1.82, 2.24) is 15.2 Å². The molecule has 0 aliphatic heterocycles. The third-order valence-corrected chi connectivity index (χ3v) is 5.71. The molecule has 0 radical (unpaired) electrons. The van der Waals surface area contributed by atoms with E-state index in [2.05, 4.69) is 44.8 Å². The van der Waals surface area contributed by atoms with E-state index in [1.54, 1.807) is 22.7 Å². The largest absolute Gasteiger partial charge is 0.481 e. The van der Waals surface area contributed by atoms with E-state index in [1.807, 2.05) is 0 Å². The molecule has 0 bridgehead atoms. The molecule has 0 aromatic carbocycles. The summed E-state index contributed by atoms with van der Waals surface area (Å²) in [7, 11) is 0. The number of carboxylic acids is 1. The summed E-state index contributed by atoms with van der Waals surface area (Å²) in [6.07, 6.45) is 5.57. The Labute approximate surface area is 144 Å². The van der Waals surface area contributed by atoms with Gasteiger partial charge in [0.1, 0.15) is 11.4 Å². The second kappa shape index (κ2) is 6.29. The molecule has 0 spiro atoms. The van der Waals surface area contributed by atoms with Crippen LogP contribution in [0.2, 0.25) is 0 Å². The normalized spacial score (nSPS) is 16.2. The minimum atomic E-state index is -0.987. The molecule has 8 heteroatoms. The van der Waals surface area contributed by atoms with Gasteiger partial charge >= 0.3 is 5.97 Å². The van der Waals surface area contributed by atoms with Crippen molar-refractivity contribution in [3.63, 3.8) is 0 Å². The SMILES string of the molecule is O=C(O)Cc1nnc(Cc2nc3c(s2)=CC(c2cccs2)CC=3)o1. The first-order valence-corrected chi connectivity index (χ1v) is 9.11. The van der Waals surface area contributed by atoms with E-state index in [0.29, 0.717) is 18.2 Å². The second-order valence-corrected chi connectivity index (χ2v) is 7.52. The fourth-order valence-corrected chi connectivity index (χ4v) is 4.48. The summed E-state index contributed by atoms with van der Waals surface area (Å²) in [6, 6.07) is 4.24. The second-order valence-electron chi connectivity index (χ2n) is 5.42. The number of thiazole rings is 1. The van der Waals surface area contributed by atoms with Gasteiger partial charge < -0.3 is 9.52 Å². The number of carboxylic acid groups (broad SMARTS) is 1. The van der Waals surface area contributed by atoms with Crippen LogP contribution in [0.4, 0.5) is 0 Å². The lowest BCUT2D eigenvalue weighted by Gasteiger charge is -2.09. The summed E-state index contributed by atoms with van der Waals surface area (Å²) in [5.41, 5.74) is 0. The van der Waals surface area contributed by atoms with Gasteiger partial charge in [-0.25, -0.2) is 4.98 Å². The van der Waals surface area contributed by atoms with Crippen LogP contribution in [0.3, 0.4) is 0 Å². The van der Waals surface area contributed by atoms with Gasteiger partial charge in [0.25, 0.3) is 0 Å². The molecule has 0 saturated carbocycles. The average molecular weight is 359 g/mol. The molecule has 0 saturated heterocycles. The van der Waals surface area contributed by atoms with Gasteiger partial charge in [0.2, 0.25) is 11.8 Å². The lowest BCUT2D eigenvalue weighted by molar-refractivity contribution is -0.136. The zero-order chi connectivity index (χ0) is 16.5. The van der Waals surface area contributed by atoms with Crippen LogP contribution in [-0.2, 0) is 17.6 Å². The minimum absolute atomic E-state index is 0.120.